The Labute approximate surface area is 133 Å². The van der Waals surface area contributed by atoms with Crippen LogP contribution in [0.3, 0.4) is 0 Å². The normalized spacial score (nSPS) is 28.7. The number of amides is 1. The average molecular weight is 305 g/mol. The lowest BCUT2D eigenvalue weighted by Crippen LogP contribution is -2.45. The van der Waals surface area contributed by atoms with Crippen molar-refractivity contribution in [2.24, 2.45) is 5.41 Å². The number of carbonyl (C=O) groups excluding carboxylic acids is 1. The van der Waals surface area contributed by atoms with Crippen molar-refractivity contribution in [3.8, 4) is 6.07 Å². The van der Waals surface area contributed by atoms with Gasteiger partial charge in [0.15, 0.2) is 0 Å². The highest BCUT2D eigenvalue weighted by Gasteiger charge is 2.37. The van der Waals surface area contributed by atoms with Gasteiger partial charge in [-0.15, -0.1) is 0 Å². The van der Waals surface area contributed by atoms with Gasteiger partial charge in [-0.2, -0.15) is 5.26 Å². The Morgan fingerprint density at radius 3 is 2.64 bits per heavy atom. The molecule has 0 radical (unpaired) electrons. The first-order chi connectivity index (χ1) is 10.7. The molecule has 3 aliphatic rings. The van der Waals surface area contributed by atoms with Gasteiger partial charge in [-0.3, -0.25) is 4.79 Å². The zero-order valence-electron chi connectivity index (χ0n) is 13.4. The topological polar surface area (TPSA) is 65.4 Å². The number of ether oxygens (including phenoxy) is 1. The molecular weight excluding hydrogens is 278 g/mol. The first-order valence-corrected chi connectivity index (χ1v) is 8.73. The van der Waals surface area contributed by atoms with Crippen LogP contribution in [0.5, 0.6) is 0 Å². The van der Waals surface area contributed by atoms with Crippen LogP contribution >= 0.6 is 0 Å². The van der Waals surface area contributed by atoms with Gasteiger partial charge in [-0.1, -0.05) is 0 Å². The van der Waals surface area contributed by atoms with Gasteiger partial charge in [0.2, 0.25) is 5.91 Å². The van der Waals surface area contributed by atoms with Gasteiger partial charge in [0.25, 0.3) is 0 Å². The van der Waals surface area contributed by atoms with Crippen LogP contribution in [-0.4, -0.2) is 49.2 Å². The van der Waals surface area contributed by atoms with Gasteiger partial charge in [-0.05, 0) is 56.8 Å². The number of carbonyl (C=O) groups is 1. The smallest absolute Gasteiger partial charge is 0.237 e. The fourth-order valence-electron chi connectivity index (χ4n) is 4.27. The number of likely N-dealkylation sites (tertiary alicyclic amines) is 1. The van der Waals surface area contributed by atoms with Crippen LogP contribution in [0.25, 0.3) is 0 Å². The number of hydrogen-bond donors (Lipinski definition) is 1. The minimum Gasteiger partial charge on any atom is -0.381 e. The van der Waals surface area contributed by atoms with Crippen molar-refractivity contribution in [1.29, 1.82) is 5.26 Å². The summed E-state index contributed by atoms with van der Waals surface area (Å²) in [6.07, 6.45) is 9.03. The molecule has 2 heterocycles. The second-order valence-electron chi connectivity index (χ2n) is 7.14. The highest BCUT2D eigenvalue weighted by molar-refractivity contribution is 5.79. The molecule has 0 aromatic carbocycles. The Morgan fingerprint density at radius 1 is 1.23 bits per heavy atom. The Kier molecular flexibility index (Phi) is 5.00. The van der Waals surface area contributed by atoms with E-state index in [-0.39, 0.29) is 11.9 Å². The maximum Gasteiger partial charge on any atom is 0.237 e. The van der Waals surface area contributed by atoms with E-state index in [1.54, 1.807) is 4.90 Å². The van der Waals surface area contributed by atoms with Crippen molar-refractivity contribution in [1.82, 2.24) is 10.2 Å². The monoisotopic (exact) mass is 305 g/mol. The quantitative estimate of drug-likeness (QED) is 0.864. The fourth-order valence-corrected chi connectivity index (χ4v) is 4.27. The number of hydrogen-bond acceptors (Lipinski definition) is 4. The van der Waals surface area contributed by atoms with Gasteiger partial charge in [-0.25, -0.2) is 0 Å². The van der Waals surface area contributed by atoms with Gasteiger partial charge in [0.1, 0.15) is 6.04 Å². The maximum atomic E-state index is 12.2. The number of nitrogens with zero attached hydrogens (tertiary/aromatic N) is 2. The van der Waals surface area contributed by atoms with Gasteiger partial charge in [0.05, 0.1) is 12.6 Å². The summed E-state index contributed by atoms with van der Waals surface area (Å²) < 4.78 is 5.49. The molecule has 1 N–H and O–H groups in total. The van der Waals surface area contributed by atoms with Crippen LogP contribution in [0.4, 0.5) is 0 Å². The predicted octanol–water partition coefficient (Wildman–Crippen LogP) is 1.83. The van der Waals surface area contributed by atoms with Crippen molar-refractivity contribution in [3.05, 3.63) is 0 Å². The third kappa shape index (κ3) is 3.44. The third-order valence-electron chi connectivity index (χ3n) is 5.86. The molecule has 1 aliphatic carbocycles. The fraction of sp³-hybridized carbons (Fsp3) is 0.882. The predicted molar refractivity (Wildman–Crippen MR) is 83.1 cm³/mol. The molecule has 3 rings (SSSR count). The minimum atomic E-state index is -0.203. The number of nitrogens with one attached hydrogen (secondary N) is 1. The molecule has 1 saturated carbocycles. The summed E-state index contributed by atoms with van der Waals surface area (Å²) in [6.45, 7) is 2.97. The first kappa shape index (κ1) is 15.8. The molecule has 5 nitrogen and oxygen atoms in total. The number of nitriles is 1. The molecule has 1 spiro atoms. The SMILES string of the molecule is N#C[C@@H]1CCCN1C(=O)CNC1CCC2(CCOCC2)CC1. The van der Waals surface area contributed by atoms with E-state index in [2.05, 4.69) is 11.4 Å². The van der Waals surface area contributed by atoms with Crippen LogP contribution in [0.1, 0.15) is 51.4 Å². The summed E-state index contributed by atoms with van der Waals surface area (Å²) >= 11 is 0. The molecule has 0 bridgehead atoms. The van der Waals surface area contributed by atoms with Gasteiger partial charge in [0, 0.05) is 25.8 Å². The Balaban J connectivity index is 1.41. The highest BCUT2D eigenvalue weighted by atomic mass is 16.5. The summed E-state index contributed by atoms with van der Waals surface area (Å²) in [6, 6.07) is 2.49. The molecular formula is C17H27N3O2. The molecule has 3 fully saturated rings. The summed E-state index contributed by atoms with van der Waals surface area (Å²) in [5.74, 6) is 0.0930. The van der Waals surface area contributed by atoms with Crippen molar-refractivity contribution >= 4 is 5.91 Å². The van der Waals surface area contributed by atoms with E-state index >= 15 is 0 Å². The molecule has 122 valence electrons. The molecule has 0 aromatic rings. The number of rotatable bonds is 3. The molecule has 0 unspecified atom stereocenters. The van der Waals surface area contributed by atoms with Gasteiger partial charge >= 0.3 is 0 Å². The van der Waals surface area contributed by atoms with Crippen LogP contribution in [0.15, 0.2) is 0 Å². The molecule has 0 aromatic heterocycles. The van der Waals surface area contributed by atoms with Crippen LogP contribution in [0.2, 0.25) is 0 Å². The van der Waals surface area contributed by atoms with Crippen molar-refractivity contribution in [2.45, 2.75) is 63.5 Å². The third-order valence-corrected chi connectivity index (χ3v) is 5.86. The minimum absolute atomic E-state index is 0.0930. The largest absolute Gasteiger partial charge is 0.381 e. The highest BCUT2D eigenvalue weighted by Crippen LogP contribution is 2.44. The Morgan fingerprint density at radius 2 is 1.95 bits per heavy atom. The molecule has 1 atom stereocenters. The lowest BCUT2D eigenvalue weighted by atomic mass is 9.68. The van der Waals surface area contributed by atoms with Crippen LogP contribution in [0, 0.1) is 16.7 Å². The lowest BCUT2D eigenvalue weighted by molar-refractivity contribution is -0.130. The van der Waals surface area contributed by atoms with Crippen molar-refractivity contribution in [3.63, 3.8) is 0 Å². The lowest BCUT2D eigenvalue weighted by Gasteiger charge is -2.43. The van der Waals surface area contributed by atoms with Crippen molar-refractivity contribution < 1.29 is 9.53 Å². The zero-order valence-corrected chi connectivity index (χ0v) is 13.4. The molecule has 1 amide bonds. The zero-order chi connectivity index (χ0) is 15.4. The standard InChI is InChI=1S/C17H27N3O2/c18-12-15-2-1-9-20(15)16(21)13-19-14-3-5-17(6-4-14)7-10-22-11-8-17/h14-15,19H,1-11,13H2/t15-/m0/s1. The van der Waals surface area contributed by atoms with Crippen LogP contribution in [-0.2, 0) is 9.53 Å². The summed E-state index contributed by atoms with van der Waals surface area (Å²) in [5, 5.41) is 12.5. The van der Waals surface area contributed by atoms with Crippen LogP contribution < -0.4 is 5.32 Å². The van der Waals surface area contributed by atoms with E-state index in [0.717, 1.165) is 45.4 Å². The van der Waals surface area contributed by atoms with E-state index in [0.29, 0.717) is 18.0 Å². The molecule has 2 saturated heterocycles. The molecule has 22 heavy (non-hydrogen) atoms. The van der Waals surface area contributed by atoms with E-state index in [4.69, 9.17) is 10.00 Å². The van der Waals surface area contributed by atoms with E-state index in [1.807, 2.05) is 0 Å². The Hall–Kier alpha value is -1.12. The van der Waals surface area contributed by atoms with Gasteiger partial charge < -0.3 is 15.0 Å². The summed E-state index contributed by atoms with van der Waals surface area (Å²) in [7, 11) is 0. The van der Waals surface area contributed by atoms with E-state index < -0.39 is 0 Å². The first-order valence-electron chi connectivity index (χ1n) is 8.73. The second kappa shape index (κ2) is 6.97. The molecule has 2 aliphatic heterocycles. The second-order valence-corrected chi connectivity index (χ2v) is 7.14. The summed E-state index contributed by atoms with van der Waals surface area (Å²) in [5.41, 5.74) is 0.515. The van der Waals surface area contributed by atoms with E-state index in [1.165, 1.54) is 25.7 Å². The average Bonchev–Trinajstić information content (AvgIpc) is 3.04. The van der Waals surface area contributed by atoms with E-state index in [9.17, 15) is 4.79 Å². The maximum absolute atomic E-state index is 12.2. The Bertz CT molecular complexity index is 430. The summed E-state index contributed by atoms with van der Waals surface area (Å²) in [4.78, 5) is 14.0. The molecule has 5 heteroatoms. The van der Waals surface area contributed by atoms with Crippen molar-refractivity contribution in [2.75, 3.05) is 26.3 Å².